The zero-order valence-corrected chi connectivity index (χ0v) is 16.7. The van der Waals surface area contributed by atoms with Gasteiger partial charge in [0.1, 0.15) is 16.3 Å². The largest absolute Gasteiger partial charge is 0.349 e. The molecule has 0 aliphatic heterocycles. The van der Waals surface area contributed by atoms with Crippen LogP contribution in [0.4, 0.5) is 11.4 Å². The number of rotatable bonds is 6. The van der Waals surface area contributed by atoms with Crippen molar-refractivity contribution in [2.24, 2.45) is 5.14 Å². The molecular formula is C20H20N4O4S. The van der Waals surface area contributed by atoms with Gasteiger partial charge in [-0.25, -0.2) is 18.2 Å². The van der Waals surface area contributed by atoms with Crippen LogP contribution < -0.4 is 16.0 Å². The fraction of sp³-hybridized carbons (Fsp3) is 0.150. The topological polar surface area (TPSA) is 124 Å². The van der Waals surface area contributed by atoms with Gasteiger partial charge in [-0.1, -0.05) is 42.5 Å². The lowest BCUT2D eigenvalue weighted by molar-refractivity contribution is 0.101. The number of benzene rings is 2. The van der Waals surface area contributed by atoms with Crippen molar-refractivity contribution in [3.05, 3.63) is 70.5 Å². The number of hydrogen-bond donors (Lipinski definition) is 2. The first kappa shape index (κ1) is 20.4. The third-order valence-corrected chi connectivity index (χ3v) is 5.28. The second-order valence-corrected chi connectivity index (χ2v) is 7.84. The Morgan fingerprint density at radius 3 is 2.31 bits per heavy atom. The van der Waals surface area contributed by atoms with E-state index in [1.54, 1.807) is 37.3 Å². The Bertz CT molecular complexity index is 1240. The van der Waals surface area contributed by atoms with E-state index in [9.17, 15) is 18.0 Å². The maximum atomic E-state index is 13.0. The van der Waals surface area contributed by atoms with Gasteiger partial charge in [-0.2, -0.15) is 5.10 Å². The van der Waals surface area contributed by atoms with Crippen molar-refractivity contribution >= 4 is 27.2 Å². The quantitative estimate of drug-likeness (QED) is 0.600. The molecule has 0 bridgehead atoms. The fourth-order valence-corrected chi connectivity index (χ4v) is 3.69. The molecule has 3 rings (SSSR count). The Balaban J connectivity index is 2.33. The van der Waals surface area contributed by atoms with Crippen molar-refractivity contribution in [1.82, 2.24) is 9.78 Å². The second-order valence-electron chi connectivity index (χ2n) is 6.31. The number of nitrogens with zero attached hydrogens (tertiary/aromatic N) is 2. The van der Waals surface area contributed by atoms with E-state index in [1.807, 2.05) is 6.07 Å². The molecule has 3 aromatic rings. The monoisotopic (exact) mass is 412 g/mol. The number of primary sulfonamides is 1. The summed E-state index contributed by atoms with van der Waals surface area (Å²) in [6, 6.07) is 14.9. The van der Waals surface area contributed by atoms with Gasteiger partial charge in [0.15, 0.2) is 5.78 Å². The molecule has 0 saturated carbocycles. The molecule has 0 radical (unpaired) electrons. The minimum absolute atomic E-state index is 0.0516. The maximum Gasteiger partial charge on any atom is 0.291 e. The lowest BCUT2D eigenvalue weighted by atomic mass is 10.0. The number of carbonyl (C=O) groups excluding carboxylic acids is 1. The Labute approximate surface area is 168 Å². The van der Waals surface area contributed by atoms with Crippen LogP contribution in [0.2, 0.25) is 0 Å². The summed E-state index contributed by atoms with van der Waals surface area (Å²) in [5.41, 5.74) is 0.571. The van der Waals surface area contributed by atoms with E-state index in [0.717, 1.165) is 0 Å². The third-order valence-electron chi connectivity index (χ3n) is 4.31. The predicted molar refractivity (Wildman–Crippen MR) is 111 cm³/mol. The molecule has 8 nitrogen and oxygen atoms in total. The summed E-state index contributed by atoms with van der Waals surface area (Å²) >= 11 is 0. The highest BCUT2D eigenvalue weighted by Crippen LogP contribution is 2.29. The van der Waals surface area contributed by atoms with Gasteiger partial charge in [-0.05, 0) is 26.0 Å². The fourth-order valence-electron chi connectivity index (χ4n) is 2.99. The number of sulfonamides is 1. The number of para-hydroxylation sites is 1. The first-order valence-electron chi connectivity index (χ1n) is 8.84. The molecule has 0 saturated heterocycles. The number of Topliss-reactive ketones (excluding diaryl/α,β-unsaturated/α-hetero) is 1. The number of ketones is 1. The summed E-state index contributed by atoms with van der Waals surface area (Å²) in [6.07, 6.45) is 0. The molecule has 150 valence electrons. The number of nitrogens with one attached hydrogen (secondary N) is 1. The van der Waals surface area contributed by atoms with Crippen molar-refractivity contribution in [3.63, 3.8) is 0 Å². The SMILES string of the molecule is CCn1nc(-c2ccccc2)c(C(C)=O)c(Nc2ccccc2S(N)(=O)=O)c1=O. The summed E-state index contributed by atoms with van der Waals surface area (Å²) in [7, 11) is -4.05. The van der Waals surface area contributed by atoms with Gasteiger partial charge in [0.25, 0.3) is 5.56 Å². The number of hydrogen-bond acceptors (Lipinski definition) is 6. The molecule has 2 aromatic carbocycles. The van der Waals surface area contributed by atoms with E-state index in [4.69, 9.17) is 5.14 Å². The molecule has 0 fully saturated rings. The van der Waals surface area contributed by atoms with E-state index in [2.05, 4.69) is 10.4 Å². The van der Waals surface area contributed by atoms with Crippen LogP contribution in [0.25, 0.3) is 11.3 Å². The molecule has 0 aliphatic rings. The molecule has 29 heavy (non-hydrogen) atoms. The number of aryl methyl sites for hydroxylation is 1. The van der Waals surface area contributed by atoms with Gasteiger partial charge in [0.05, 0.1) is 11.3 Å². The van der Waals surface area contributed by atoms with E-state index in [-0.39, 0.29) is 34.2 Å². The van der Waals surface area contributed by atoms with Crippen LogP contribution in [0.3, 0.4) is 0 Å². The molecule has 0 amide bonds. The van der Waals surface area contributed by atoms with E-state index in [1.165, 1.54) is 29.8 Å². The smallest absolute Gasteiger partial charge is 0.291 e. The normalized spacial score (nSPS) is 11.3. The predicted octanol–water partition coefficient (Wildman–Crippen LogP) is 2.52. The molecule has 0 atom stereocenters. The first-order valence-corrected chi connectivity index (χ1v) is 10.4. The van der Waals surface area contributed by atoms with Gasteiger partial charge in [-0.15, -0.1) is 0 Å². The van der Waals surface area contributed by atoms with E-state index in [0.29, 0.717) is 11.3 Å². The van der Waals surface area contributed by atoms with Crippen molar-refractivity contribution in [1.29, 1.82) is 0 Å². The molecule has 1 heterocycles. The van der Waals surface area contributed by atoms with Crippen LogP contribution in [0.15, 0.2) is 64.3 Å². The summed E-state index contributed by atoms with van der Waals surface area (Å²) < 4.78 is 25.1. The maximum absolute atomic E-state index is 13.0. The third kappa shape index (κ3) is 4.10. The summed E-state index contributed by atoms with van der Waals surface area (Å²) in [5, 5.41) is 12.5. The molecule has 0 spiro atoms. The van der Waals surface area contributed by atoms with Crippen molar-refractivity contribution in [2.45, 2.75) is 25.3 Å². The Kier molecular flexibility index (Phi) is 5.62. The van der Waals surface area contributed by atoms with Gasteiger partial charge in [-0.3, -0.25) is 9.59 Å². The zero-order valence-electron chi connectivity index (χ0n) is 15.9. The minimum Gasteiger partial charge on any atom is -0.349 e. The second kappa shape index (κ2) is 7.98. The molecule has 0 aliphatic carbocycles. The molecule has 0 unspecified atom stereocenters. The highest BCUT2D eigenvalue weighted by molar-refractivity contribution is 7.89. The lowest BCUT2D eigenvalue weighted by Crippen LogP contribution is -2.28. The Morgan fingerprint density at radius 1 is 1.10 bits per heavy atom. The van der Waals surface area contributed by atoms with Crippen LogP contribution in [0.5, 0.6) is 0 Å². The Morgan fingerprint density at radius 2 is 1.72 bits per heavy atom. The highest BCUT2D eigenvalue weighted by Gasteiger charge is 2.23. The van der Waals surface area contributed by atoms with E-state index < -0.39 is 15.6 Å². The zero-order chi connectivity index (χ0) is 21.2. The van der Waals surface area contributed by atoms with Crippen LogP contribution in [0.1, 0.15) is 24.2 Å². The highest BCUT2D eigenvalue weighted by atomic mass is 32.2. The first-order chi connectivity index (χ1) is 13.7. The van der Waals surface area contributed by atoms with Crippen molar-refractivity contribution in [2.75, 3.05) is 5.32 Å². The number of aromatic nitrogens is 2. The molecule has 3 N–H and O–H groups in total. The van der Waals surface area contributed by atoms with Crippen LogP contribution in [-0.4, -0.2) is 24.0 Å². The van der Waals surface area contributed by atoms with Crippen LogP contribution in [0, 0.1) is 0 Å². The summed E-state index contributed by atoms with van der Waals surface area (Å²) in [5.74, 6) is -0.382. The van der Waals surface area contributed by atoms with Crippen LogP contribution in [-0.2, 0) is 16.6 Å². The average Bonchev–Trinajstić information content (AvgIpc) is 2.69. The number of anilines is 2. The Hall–Kier alpha value is -3.30. The van der Waals surface area contributed by atoms with E-state index >= 15 is 0 Å². The number of carbonyl (C=O) groups is 1. The van der Waals surface area contributed by atoms with Crippen LogP contribution >= 0.6 is 0 Å². The van der Waals surface area contributed by atoms with Crippen molar-refractivity contribution in [3.8, 4) is 11.3 Å². The standard InChI is InChI=1S/C20H20N4O4S/c1-3-24-20(26)19(22-15-11-7-8-12-16(15)29(21,27)28)17(13(2)25)18(23-24)14-9-5-4-6-10-14/h4-12,22H,3H2,1-2H3,(H2,21,27,28). The molecular weight excluding hydrogens is 392 g/mol. The summed E-state index contributed by atoms with van der Waals surface area (Å²) in [6.45, 7) is 3.34. The molecule has 1 aromatic heterocycles. The summed E-state index contributed by atoms with van der Waals surface area (Å²) in [4.78, 5) is 25.3. The van der Waals surface area contributed by atoms with Gasteiger partial charge in [0.2, 0.25) is 10.0 Å². The van der Waals surface area contributed by atoms with Gasteiger partial charge >= 0.3 is 0 Å². The van der Waals surface area contributed by atoms with Gasteiger partial charge in [0, 0.05) is 12.1 Å². The molecule has 9 heteroatoms. The lowest BCUT2D eigenvalue weighted by Gasteiger charge is -2.17. The number of nitrogens with two attached hydrogens (primary N) is 1. The van der Waals surface area contributed by atoms with Crippen molar-refractivity contribution < 1.29 is 13.2 Å². The minimum atomic E-state index is -4.05. The average molecular weight is 412 g/mol. The van der Waals surface area contributed by atoms with Gasteiger partial charge < -0.3 is 5.32 Å².